The fourth-order valence-electron chi connectivity index (χ4n) is 1.92. The molecular formula is C14H13ClF2N2. The third kappa shape index (κ3) is 2.76. The van der Waals surface area contributed by atoms with E-state index in [0.29, 0.717) is 10.6 Å². The van der Waals surface area contributed by atoms with E-state index in [1.54, 1.807) is 18.2 Å². The molecule has 3 N–H and O–H groups in total. The van der Waals surface area contributed by atoms with Crippen molar-refractivity contribution >= 4 is 11.6 Å². The van der Waals surface area contributed by atoms with Crippen LogP contribution in [0.1, 0.15) is 22.7 Å². The first-order chi connectivity index (χ1) is 9.04. The predicted octanol–water partition coefficient (Wildman–Crippen LogP) is 3.48. The van der Waals surface area contributed by atoms with Crippen LogP contribution < -0.4 is 11.3 Å². The minimum atomic E-state index is -0.792. The molecule has 2 aromatic rings. The van der Waals surface area contributed by atoms with Crippen LogP contribution in [-0.4, -0.2) is 0 Å². The summed E-state index contributed by atoms with van der Waals surface area (Å²) in [5, 5.41) is 0.523. The molecule has 0 bridgehead atoms. The van der Waals surface area contributed by atoms with E-state index < -0.39 is 17.7 Å². The Labute approximate surface area is 115 Å². The topological polar surface area (TPSA) is 38.0 Å². The Morgan fingerprint density at radius 2 is 1.79 bits per heavy atom. The van der Waals surface area contributed by atoms with E-state index in [0.717, 1.165) is 5.56 Å². The van der Waals surface area contributed by atoms with Crippen molar-refractivity contribution < 1.29 is 8.78 Å². The van der Waals surface area contributed by atoms with E-state index in [2.05, 4.69) is 5.43 Å². The van der Waals surface area contributed by atoms with Gasteiger partial charge in [-0.15, -0.1) is 0 Å². The SMILES string of the molecule is Cc1ccc(C(NN)c2c(F)cccc2F)cc1Cl. The molecule has 0 aliphatic carbocycles. The van der Waals surface area contributed by atoms with Crippen LogP contribution in [0.3, 0.4) is 0 Å². The first-order valence-electron chi connectivity index (χ1n) is 5.70. The van der Waals surface area contributed by atoms with Gasteiger partial charge in [0.05, 0.1) is 6.04 Å². The summed E-state index contributed by atoms with van der Waals surface area (Å²) < 4.78 is 27.6. The molecule has 1 unspecified atom stereocenters. The number of hydrogen-bond donors (Lipinski definition) is 2. The molecule has 0 spiro atoms. The summed E-state index contributed by atoms with van der Waals surface area (Å²) in [5.74, 6) is 4.13. The summed E-state index contributed by atoms with van der Waals surface area (Å²) in [6.07, 6.45) is 0. The maximum Gasteiger partial charge on any atom is 0.131 e. The van der Waals surface area contributed by atoms with Crippen molar-refractivity contribution in [1.82, 2.24) is 5.43 Å². The monoisotopic (exact) mass is 282 g/mol. The second-order valence-corrected chi connectivity index (χ2v) is 4.65. The van der Waals surface area contributed by atoms with Crippen molar-refractivity contribution in [2.24, 2.45) is 5.84 Å². The van der Waals surface area contributed by atoms with Gasteiger partial charge in [-0.2, -0.15) is 0 Å². The largest absolute Gasteiger partial charge is 0.271 e. The number of halogens is 3. The maximum atomic E-state index is 13.8. The van der Waals surface area contributed by atoms with Gasteiger partial charge in [0.1, 0.15) is 11.6 Å². The molecular weight excluding hydrogens is 270 g/mol. The lowest BCUT2D eigenvalue weighted by molar-refractivity contribution is 0.510. The minimum absolute atomic E-state index is 0.120. The van der Waals surface area contributed by atoms with E-state index in [-0.39, 0.29) is 5.56 Å². The van der Waals surface area contributed by atoms with E-state index in [1.807, 2.05) is 6.92 Å². The summed E-state index contributed by atoms with van der Waals surface area (Å²) in [7, 11) is 0. The molecule has 0 saturated heterocycles. The summed E-state index contributed by atoms with van der Waals surface area (Å²) in [4.78, 5) is 0. The zero-order valence-corrected chi connectivity index (χ0v) is 11.0. The van der Waals surface area contributed by atoms with Crippen LogP contribution in [0.2, 0.25) is 5.02 Å². The molecule has 0 saturated carbocycles. The van der Waals surface area contributed by atoms with E-state index in [1.165, 1.54) is 18.2 Å². The van der Waals surface area contributed by atoms with Gasteiger partial charge in [-0.05, 0) is 36.2 Å². The van der Waals surface area contributed by atoms with Gasteiger partial charge in [-0.1, -0.05) is 29.8 Å². The summed E-state index contributed by atoms with van der Waals surface area (Å²) in [6.45, 7) is 1.85. The highest BCUT2D eigenvalue weighted by atomic mass is 35.5. The molecule has 0 heterocycles. The normalized spacial score (nSPS) is 12.5. The molecule has 5 heteroatoms. The summed E-state index contributed by atoms with van der Waals surface area (Å²) in [5.41, 5.74) is 3.79. The van der Waals surface area contributed by atoms with Crippen molar-refractivity contribution in [3.63, 3.8) is 0 Å². The zero-order valence-electron chi connectivity index (χ0n) is 10.3. The number of aryl methyl sites for hydroxylation is 1. The first-order valence-corrected chi connectivity index (χ1v) is 6.08. The third-order valence-electron chi connectivity index (χ3n) is 2.98. The van der Waals surface area contributed by atoms with Gasteiger partial charge in [0, 0.05) is 10.6 Å². The highest BCUT2D eigenvalue weighted by Gasteiger charge is 2.21. The lowest BCUT2D eigenvalue weighted by atomic mass is 9.97. The second kappa shape index (κ2) is 5.65. The number of hydrogen-bond acceptors (Lipinski definition) is 2. The van der Waals surface area contributed by atoms with Crippen LogP contribution >= 0.6 is 11.6 Å². The van der Waals surface area contributed by atoms with Crippen LogP contribution in [-0.2, 0) is 0 Å². The number of nitrogens with one attached hydrogen (secondary N) is 1. The van der Waals surface area contributed by atoms with Crippen molar-refractivity contribution in [2.45, 2.75) is 13.0 Å². The van der Waals surface area contributed by atoms with Gasteiger partial charge in [-0.3, -0.25) is 5.84 Å². The van der Waals surface area contributed by atoms with E-state index in [4.69, 9.17) is 17.4 Å². The molecule has 0 radical (unpaired) electrons. The van der Waals surface area contributed by atoms with Gasteiger partial charge in [0.15, 0.2) is 0 Å². The predicted molar refractivity (Wildman–Crippen MR) is 71.7 cm³/mol. The van der Waals surface area contributed by atoms with Crippen molar-refractivity contribution in [2.75, 3.05) is 0 Å². The molecule has 2 aromatic carbocycles. The number of benzene rings is 2. The number of nitrogens with two attached hydrogens (primary N) is 1. The Balaban J connectivity index is 2.53. The van der Waals surface area contributed by atoms with Crippen LogP contribution in [0.15, 0.2) is 36.4 Å². The average molecular weight is 283 g/mol. The summed E-state index contributed by atoms with van der Waals surface area (Å²) >= 11 is 6.03. The zero-order chi connectivity index (χ0) is 14.0. The fourth-order valence-corrected chi connectivity index (χ4v) is 2.11. The van der Waals surface area contributed by atoms with E-state index >= 15 is 0 Å². The van der Waals surface area contributed by atoms with Gasteiger partial charge in [0.25, 0.3) is 0 Å². The quantitative estimate of drug-likeness (QED) is 0.668. The molecule has 0 aliphatic heterocycles. The first kappa shape index (κ1) is 13.9. The van der Waals surface area contributed by atoms with Crippen molar-refractivity contribution in [3.8, 4) is 0 Å². The van der Waals surface area contributed by atoms with Crippen LogP contribution in [0.25, 0.3) is 0 Å². The molecule has 0 fully saturated rings. The van der Waals surface area contributed by atoms with Crippen molar-refractivity contribution in [3.05, 3.63) is 69.7 Å². The third-order valence-corrected chi connectivity index (χ3v) is 3.39. The van der Waals surface area contributed by atoms with Crippen LogP contribution in [0.4, 0.5) is 8.78 Å². The highest BCUT2D eigenvalue weighted by Crippen LogP contribution is 2.28. The van der Waals surface area contributed by atoms with Gasteiger partial charge in [0.2, 0.25) is 0 Å². The molecule has 100 valence electrons. The maximum absolute atomic E-state index is 13.8. The Kier molecular flexibility index (Phi) is 4.14. The van der Waals surface area contributed by atoms with Crippen LogP contribution in [0.5, 0.6) is 0 Å². The summed E-state index contributed by atoms with van der Waals surface area (Å²) in [6, 6.07) is 8.06. The Morgan fingerprint density at radius 1 is 1.16 bits per heavy atom. The lowest BCUT2D eigenvalue weighted by Gasteiger charge is -2.19. The Morgan fingerprint density at radius 3 is 2.32 bits per heavy atom. The van der Waals surface area contributed by atoms with Gasteiger partial charge in [-0.25, -0.2) is 14.2 Å². The van der Waals surface area contributed by atoms with E-state index in [9.17, 15) is 8.78 Å². The number of rotatable bonds is 3. The average Bonchev–Trinajstić information content (AvgIpc) is 2.37. The molecule has 0 aliphatic rings. The molecule has 1 atom stereocenters. The standard InChI is InChI=1S/C14H13ClF2N2/c1-8-5-6-9(7-10(8)15)14(19-18)13-11(16)3-2-4-12(13)17/h2-7,14,19H,18H2,1H3. The molecule has 2 rings (SSSR count). The highest BCUT2D eigenvalue weighted by molar-refractivity contribution is 6.31. The fraction of sp³-hybridized carbons (Fsp3) is 0.143. The van der Waals surface area contributed by atoms with Gasteiger partial charge >= 0.3 is 0 Å². The molecule has 0 amide bonds. The Hall–Kier alpha value is -1.49. The molecule has 19 heavy (non-hydrogen) atoms. The lowest BCUT2D eigenvalue weighted by Crippen LogP contribution is -2.30. The molecule has 2 nitrogen and oxygen atoms in total. The smallest absolute Gasteiger partial charge is 0.131 e. The minimum Gasteiger partial charge on any atom is -0.271 e. The second-order valence-electron chi connectivity index (χ2n) is 4.24. The number of hydrazine groups is 1. The van der Waals surface area contributed by atoms with Gasteiger partial charge < -0.3 is 0 Å². The van der Waals surface area contributed by atoms with Crippen molar-refractivity contribution in [1.29, 1.82) is 0 Å². The Bertz CT molecular complexity index is 582. The molecule has 0 aromatic heterocycles. The van der Waals surface area contributed by atoms with Crippen LogP contribution in [0, 0.1) is 18.6 Å².